The lowest BCUT2D eigenvalue weighted by atomic mass is 9.81. The molecule has 1 aromatic rings. The highest BCUT2D eigenvalue weighted by Crippen LogP contribution is 2.27. The number of halogens is 2. The van der Waals surface area contributed by atoms with E-state index in [4.69, 9.17) is 5.73 Å². The molecular formula is C16H29Cl2N5O. The Kier molecular flexibility index (Phi) is 10.2. The van der Waals surface area contributed by atoms with Crippen molar-refractivity contribution in [3.8, 4) is 0 Å². The average Bonchev–Trinajstić information content (AvgIpc) is 2.58. The van der Waals surface area contributed by atoms with Gasteiger partial charge in [0, 0.05) is 32.7 Å². The standard InChI is InChI=1S/C16H27N5O.2ClH/c1-3-16(4-2,12-17)15(22)20-14-6-5-13(11-19-14)21-9-7-18-8-10-21;;/h5-6,11,18H,3-4,7-10,12,17H2,1-2H3,(H,19,20,22);2*1H. The van der Waals surface area contributed by atoms with Crippen LogP contribution < -0.4 is 21.3 Å². The van der Waals surface area contributed by atoms with Crippen LogP contribution in [0.3, 0.4) is 0 Å². The number of pyridine rings is 1. The molecule has 4 N–H and O–H groups in total. The molecule has 1 aliphatic rings. The van der Waals surface area contributed by atoms with Gasteiger partial charge < -0.3 is 21.3 Å². The lowest BCUT2D eigenvalue weighted by molar-refractivity contribution is -0.125. The number of anilines is 2. The fraction of sp³-hybridized carbons (Fsp3) is 0.625. The molecule has 2 rings (SSSR count). The second-order valence-corrected chi connectivity index (χ2v) is 5.78. The minimum Gasteiger partial charge on any atom is -0.368 e. The van der Waals surface area contributed by atoms with E-state index >= 15 is 0 Å². The van der Waals surface area contributed by atoms with E-state index in [-0.39, 0.29) is 30.7 Å². The molecule has 0 unspecified atom stereocenters. The zero-order valence-corrected chi connectivity index (χ0v) is 16.0. The second kappa shape index (κ2) is 10.7. The van der Waals surface area contributed by atoms with Gasteiger partial charge in [0.25, 0.3) is 0 Å². The summed E-state index contributed by atoms with van der Waals surface area (Å²) in [6.07, 6.45) is 3.28. The van der Waals surface area contributed by atoms with Gasteiger partial charge in [-0.25, -0.2) is 4.98 Å². The minimum atomic E-state index is -0.501. The molecule has 1 amide bonds. The van der Waals surface area contributed by atoms with Crippen molar-refractivity contribution in [1.82, 2.24) is 10.3 Å². The van der Waals surface area contributed by atoms with Gasteiger partial charge in [-0.05, 0) is 25.0 Å². The van der Waals surface area contributed by atoms with Crippen LogP contribution in [0.15, 0.2) is 18.3 Å². The second-order valence-electron chi connectivity index (χ2n) is 5.78. The monoisotopic (exact) mass is 377 g/mol. The van der Waals surface area contributed by atoms with Crippen molar-refractivity contribution >= 4 is 42.2 Å². The zero-order chi connectivity index (χ0) is 16.0. The van der Waals surface area contributed by atoms with Crippen molar-refractivity contribution < 1.29 is 4.79 Å². The third-order valence-corrected chi connectivity index (χ3v) is 4.70. The Bertz CT molecular complexity index is 479. The van der Waals surface area contributed by atoms with E-state index in [2.05, 4.69) is 20.5 Å². The van der Waals surface area contributed by atoms with Gasteiger partial charge in [0.1, 0.15) is 5.82 Å². The number of carbonyl (C=O) groups is 1. The molecule has 24 heavy (non-hydrogen) atoms. The van der Waals surface area contributed by atoms with Crippen LogP contribution in [0.1, 0.15) is 26.7 Å². The van der Waals surface area contributed by atoms with Gasteiger partial charge in [-0.1, -0.05) is 13.8 Å². The molecule has 0 radical (unpaired) electrons. The molecule has 1 aliphatic heterocycles. The summed E-state index contributed by atoms with van der Waals surface area (Å²) in [5.74, 6) is 0.547. The van der Waals surface area contributed by atoms with Crippen molar-refractivity contribution in [2.24, 2.45) is 11.1 Å². The number of hydrogen-bond donors (Lipinski definition) is 3. The highest BCUT2D eigenvalue weighted by molar-refractivity contribution is 5.94. The topological polar surface area (TPSA) is 83.3 Å². The van der Waals surface area contributed by atoms with Crippen LogP contribution in [0.4, 0.5) is 11.5 Å². The Balaban J connectivity index is 0.00000264. The van der Waals surface area contributed by atoms with Gasteiger partial charge in [-0.3, -0.25) is 4.79 Å². The number of nitrogens with one attached hydrogen (secondary N) is 2. The summed E-state index contributed by atoms with van der Waals surface area (Å²) < 4.78 is 0. The van der Waals surface area contributed by atoms with Gasteiger partial charge in [0.15, 0.2) is 0 Å². The molecule has 0 saturated carbocycles. The van der Waals surface area contributed by atoms with E-state index in [1.54, 1.807) is 0 Å². The average molecular weight is 378 g/mol. The first-order valence-electron chi connectivity index (χ1n) is 8.08. The SMILES string of the molecule is CCC(CC)(CN)C(=O)Nc1ccc(N2CCNCC2)cn1.Cl.Cl. The molecule has 2 heterocycles. The third kappa shape index (κ3) is 5.21. The molecule has 0 spiro atoms. The van der Waals surface area contributed by atoms with Crippen LogP contribution >= 0.6 is 24.8 Å². The Morgan fingerprint density at radius 2 is 1.92 bits per heavy atom. The van der Waals surface area contributed by atoms with Gasteiger partial charge in [0.2, 0.25) is 5.91 Å². The van der Waals surface area contributed by atoms with Gasteiger partial charge in [0.05, 0.1) is 17.3 Å². The summed E-state index contributed by atoms with van der Waals surface area (Å²) in [6.45, 7) is 8.29. The van der Waals surface area contributed by atoms with Crippen molar-refractivity contribution in [1.29, 1.82) is 0 Å². The number of carbonyl (C=O) groups excluding carboxylic acids is 1. The van der Waals surface area contributed by atoms with Crippen molar-refractivity contribution in [2.45, 2.75) is 26.7 Å². The Morgan fingerprint density at radius 1 is 1.29 bits per heavy atom. The summed E-state index contributed by atoms with van der Waals surface area (Å²) in [6, 6.07) is 3.87. The number of amides is 1. The normalized spacial score (nSPS) is 14.4. The minimum absolute atomic E-state index is 0. The first-order chi connectivity index (χ1) is 10.6. The molecule has 1 fully saturated rings. The van der Waals surface area contributed by atoms with E-state index in [9.17, 15) is 4.79 Å². The number of hydrogen-bond acceptors (Lipinski definition) is 5. The van der Waals surface area contributed by atoms with E-state index in [1.165, 1.54) is 0 Å². The van der Waals surface area contributed by atoms with Crippen molar-refractivity contribution in [2.75, 3.05) is 42.9 Å². The fourth-order valence-corrected chi connectivity index (χ4v) is 2.77. The van der Waals surface area contributed by atoms with Crippen molar-refractivity contribution in [3.05, 3.63) is 18.3 Å². The number of nitrogens with two attached hydrogens (primary N) is 1. The summed E-state index contributed by atoms with van der Waals surface area (Å²) in [5, 5.41) is 6.23. The maximum Gasteiger partial charge on any atom is 0.233 e. The molecule has 0 atom stereocenters. The lowest BCUT2D eigenvalue weighted by Crippen LogP contribution is -2.43. The smallest absolute Gasteiger partial charge is 0.233 e. The fourth-order valence-electron chi connectivity index (χ4n) is 2.77. The van der Waals surface area contributed by atoms with Crippen LogP contribution in [0.25, 0.3) is 0 Å². The van der Waals surface area contributed by atoms with Crippen LogP contribution in [-0.2, 0) is 4.79 Å². The quantitative estimate of drug-likeness (QED) is 0.706. The predicted octanol–water partition coefficient (Wildman–Crippen LogP) is 2.04. The third-order valence-electron chi connectivity index (χ3n) is 4.70. The predicted molar refractivity (Wildman–Crippen MR) is 105 cm³/mol. The van der Waals surface area contributed by atoms with Crippen LogP contribution in [0.5, 0.6) is 0 Å². The molecule has 0 aromatic carbocycles. The molecule has 1 aromatic heterocycles. The van der Waals surface area contributed by atoms with Crippen LogP contribution in [0.2, 0.25) is 0 Å². The zero-order valence-electron chi connectivity index (χ0n) is 14.4. The number of rotatable bonds is 6. The van der Waals surface area contributed by atoms with E-state index < -0.39 is 5.41 Å². The highest BCUT2D eigenvalue weighted by atomic mass is 35.5. The molecule has 8 heteroatoms. The van der Waals surface area contributed by atoms with Gasteiger partial charge in [-0.15, -0.1) is 24.8 Å². The van der Waals surface area contributed by atoms with Gasteiger partial charge >= 0.3 is 0 Å². The van der Waals surface area contributed by atoms with E-state index in [1.807, 2.05) is 32.2 Å². The summed E-state index contributed by atoms with van der Waals surface area (Å²) in [5.41, 5.74) is 6.40. The lowest BCUT2D eigenvalue weighted by Gasteiger charge is -2.30. The van der Waals surface area contributed by atoms with Crippen LogP contribution in [-0.4, -0.2) is 43.6 Å². The summed E-state index contributed by atoms with van der Waals surface area (Å²) >= 11 is 0. The Labute approximate surface area is 156 Å². The molecule has 6 nitrogen and oxygen atoms in total. The highest BCUT2D eigenvalue weighted by Gasteiger charge is 2.33. The first-order valence-corrected chi connectivity index (χ1v) is 8.08. The molecule has 1 saturated heterocycles. The van der Waals surface area contributed by atoms with Gasteiger partial charge in [-0.2, -0.15) is 0 Å². The molecular weight excluding hydrogens is 349 g/mol. The molecule has 0 aliphatic carbocycles. The maximum atomic E-state index is 12.5. The number of aromatic nitrogens is 1. The number of piperazine rings is 1. The Hall–Kier alpha value is -1.08. The largest absolute Gasteiger partial charge is 0.368 e. The van der Waals surface area contributed by atoms with Crippen LogP contribution in [0, 0.1) is 5.41 Å². The Morgan fingerprint density at radius 3 is 2.38 bits per heavy atom. The molecule has 0 bridgehead atoms. The maximum absolute atomic E-state index is 12.5. The van der Waals surface area contributed by atoms with Crippen molar-refractivity contribution in [3.63, 3.8) is 0 Å². The summed E-state index contributed by atoms with van der Waals surface area (Å²) in [7, 11) is 0. The first kappa shape index (κ1) is 22.9. The van der Waals surface area contributed by atoms with E-state index in [0.717, 1.165) is 44.7 Å². The number of nitrogens with zero attached hydrogens (tertiary/aromatic N) is 2. The molecule has 138 valence electrons. The summed E-state index contributed by atoms with van der Waals surface area (Å²) in [4.78, 5) is 19.1. The van der Waals surface area contributed by atoms with E-state index in [0.29, 0.717) is 12.4 Å².